The molecule has 1 unspecified atom stereocenters. The zero-order valence-electron chi connectivity index (χ0n) is 16.8. The van der Waals surface area contributed by atoms with Crippen LogP contribution in [0, 0.1) is 5.92 Å². The lowest BCUT2D eigenvalue weighted by Gasteiger charge is -2.42. The van der Waals surface area contributed by atoms with Crippen molar-refractivity contribution in [3.05, 3.63) is 107 Å². The summed E-state index contributed by atoms with van der Waals surface area (Å²) in [5.74, 6) is 0.720. The number of Topliss-reactive ketones (excluding diaryl/α,β-unsaturated/α-hetero) is 1. The highest BCUT2D eigenvalue weighted by Crippen LogP contribution is 2.48. The van der Waals surface area contributed by atoms with Gasteiger partial charge in [0.15, 0.2) is 5.78 Å². The van der Waals surface area contributed by atoms with E-state index in [9.17, 15) is 4.79 Å². The maximum absolute atomic E-state index is 13.8. The predicted octanol–water partition coefficient (Wildman–Crippen LogP) is 5.28. The number of carbonyl (C=O) groups is 1. The minimum Gasteiger partial charge on any atom is -0.299 e. The van der Waals surface area contributed by atoms with Crippen LogP contribution in [0.2, 0.25) is 0 Å². The second-order valence-electron chi connectivity index (χ2n) is 8.54. The van der Waals surface area contributed by atoms with Crippen molar-refractivity contribution in [2.24, 2.45) is 5.92 Å². The first-order valence-electron chi connectivity index (χ1n) is 10.7. The van der Waals surface area contributed by atoms with Gasteiger partial charge in [-0.2, -0.15) is 0 Å². The molecule has 0 N–H and O–H groups in total. The van der Waals surface area contributed by atoms with Gasteiger partial charge in [-0.15, -0.1) is 0 Å². The normalized spacial score (nSPS) is 22.6. The number of hydrogen-bond donors (Lipinski definition) is 0. The molecule has 0 amide bonds. The Morgan fingerprint density at radius 1 is 0.793 bits per heavy atom. The number of piperidine rings is 1. The zero-order chi connectivity index (χ0) is 19.7. The van der Waals surface area contributed by atoms with Crippen LogP contribution < -0.4 is 0 Å². The first-order valence-corrected chi connectivity index (χ1v) is 10.7. The minimum atomic E-state index is -0.399. The molecule has 1 atom stereocenters. The van der Waals surface area contributed by atoms with Crippen molar-refractivity contribution in [2.45, 2.75) is 31.2 Å². The Balaban J connectivity index is 1.42. The number of benzene rings is 3. The standard InChI is InChI=1S/C27H27NO/c29-26-25-14-8-7-11-22(25)19-27(26,23-12-5-2-6-13-23)24-15-17-28(18-16-24)20-21-9-3-1-4-10-21/h1-14,24H,15-20H2. The van der Waals surface area contributed by atoms with E-state index in [1.165, 1.54) is 16.7 Å². The van der Waals surface area contributed by atoms with Crippen LogP contribution >= 0.6 is 0 Å². The Morgan fingerprint density at radius 3 is 2.10 bits per heavy atom. The third kappa shape index (κ3) is 3.22. The van der Waals surface area contributed by atoms with Gasteiger partial charge in [0, 0.05) is 12.1 Å². The topological polar surface area (TPSA) is 20.3 Å². The molecule has 29 heavy (non-hydrogen) atoms. The smallest absolute Gasteiger partial charge is 0.174 e. The van der Waals surface area contributed by atoms with E-state index in [0.717, 1.165) is 44.5 Å². The summed E-state index contributed by atoms with van der Waals surface area (Å²) in [6.07, 6.45) is 2.98. The second kappa shape index (κ2) is 7.61. The van der Waals surface area contributed by atoms with Crippen LogP contribution in [-0.4, -0.2) is 23.8 Å². The lowest BCUT2D eigenvalue weighted by Crippen LogP contribution is -2.47. The first-order chi connectivity index (χ1) is 14.3. The first kappa shape index (κ1) is 18.3. The van der Waals surface area contributed by atoms with E-state index in [4.69, 9.17) is 0 Å². The summed E-state index contributed by atoms with van der Waals surface area (Å²) < 4.78 is 0. The molecule has 1 aliphatic heterocycles. The molecule has 0 spiro atoms. The molecule has 0 bridgehead atoms. The van der Waals surface area contributed by atoms with E-state index in [1.807, 2.05) is 18.2 Å². The van der Waals surface area contributed by atoms with E-state index < -0.39 is 5.41 Å². The summed E-state index contributed by atoms with van der Waals surface area (Å²) in [7, 11) is 0. The van der Waals surface area contributed by atoms with Crippen LogP contribution in [-0.2, 0) is 18.4 Å². The van der Waals surface area contributed by atoms with E-state index in [0.29, 0.717) is 11.7 Å². The molecule has 0 saturated carbocycles. The molecular formula is C27H27NO. The number of rotatable bonds is 4. The van der Waals surface area contributed by atoms with Crippen molar-refractivity contribution in [3.8, 4) is 0 Å². The summed E-state index contributed by atoms with van der Waals surface area (Å²) in [5.41, 5.74) is 4.32. The van der Waals surface area contributed by atoms with E-state index in [-0.39, 0.29) is 0 Å². The molecule has 3 aromatic carbocycles. The quantitative estimate of drug-likeness (QED) is 0.613. The molecule has 5 rings (SSSR count). The lowest BCUT2D eigenvalue weighted by molar-refractivity contribution is 0.0735. The van der Waals surface area contributed by atoms with Gasteiger partial charge in [0.1, 0.15) is 0 Å². The van der Waals surface area contributed by atoms with Gasteiger partial charge in [-0.25, -0.2) is 0 Å². The van der Waals surface area contributed by atoms with Gasteiger partial charge in [0.25, 0.3) is 0 Å². The zero-order valence-corrected chi connectivity index (χ0v) is 16.8. The van der Waals surface area contributed by atoms with Gasteiger partial charge in [-0.05, 0) is 55.0 Å². The van der Waals surface area contributed by atoms with Gasteiger partial charge >= 0.3 is 0 Å². The summed E-state index contributed by atoms with van der Waals surface area (Å²) in [4.78, 5) is 16.3. The molecular weight excluding hydrogens is 354 g/mol. The van der Waals surface area contributed by atoms with Crippen LogP contribution in [0.1, 0.15) is 39.9 Å². The average Bonchev–Trinajstić information content (AvgIpc) is 3.09. The molecule has 1 aliphatic carbocycles. The van der Waals surface area contributed by atoms with Crippen LogP contribution in [0.3, 0.4) is 0 Å². The van der Waals surface area contributed by atoms with Gasteiger partial charge in [-0.3, -0.25) is 9.69 Å². The highest BCUT2D eigenvalue weighted by Gasteiger charge is 2.52. The third-order valence-corrected chi connectivity index (χ3v) is 6.96. The van der Waals surface area contributed by atoms with E-state index >= 15 is 0 Å². The fourth-order valence-corrected chi connectivity index (χ4v) is 5.48. The van der Waals surface area contributed by atoms with E-state index in [1.54, 1.807) is 0 Å². The van der Waals surface area contributed by atoms with Crippen molar-refractivity contribution in [1.29, 1.82) is 0 Å². The second-order valence-corrected chi connectivity index (χ2v) is 8.54. The van der Waals surface area contributed by atoms with E-state index in [2.05, 4.69) is 71.6 Å². The van der Waals surface area contributed by atoms with Gasteiger partial charge in [0.05, 0.1) is 5.41 Å². The summed E-state index contributed by atoms with van der Waals surface area (Å²) in [6.45, 7) is 3.11. The van der Waals surface area contributed by atoms with Crippen molar-refractivity contribution >= 4 is 5.78 Å². The molecule has 1 fully saturated rings. The fraction of sp³-hybridized carbons (Fsp3) is 0.296. The largest absolute Gasteiger partial charge is 0.299 e. The molecule has 146 valence electrons. The predicted molar refractivity (Wildman–Crippen MR) is 117 cm³/mol. The Labute approximate surface area is 173 Å². The monoisotopic (exact) mass is 381 g/mol. The summed E-state index contributed by atoms with van der Waals surface area (Å²) in [6, 6.07) is 29.5. The highest BCUT2D eigenvalue weighted by atomic mass is 16.1. The fourth-order valence-electron chi connectivity index (χ4n) is 5.48. The van der Waals surface area contributed by atoms with Crippen molar-refractivity contribution < 1.29 is 4.79 Å². The average molecular weight is 382 g/mol. The lowest BCUT2D eigenvalue weighted by atomic mass is 9.64. The Morgan fingerprint density at radius 2 is 1.41 bits per heavy atom. The molecule has 0 aromatic heterocycles. The van der Waals surface area contributed by atoms with Crippen molar-refractivity contribution in [2.75, 3.05) is 13.1 Å². The number of nitrogens with zero attached hydrogens (tertiary/aromatic N) is 1. The number of carbonyl (C=O) groups excluding carboxylic acids is 1. The number of likely N-dealkylation sites (tertiary alicyclic amines) is 1. The summed E-state index contributed by atoms with van der Waals surface area (Å²) >= 11 is 0. The highest BCUT2D eigenvalue weighted by molar-refractivity contribution is 6.08. The van der Waals surface area contributed by atoms with Gasteiger partial charge in [-0.1, -0.05) is 84.9 Å². The number of fused-ring (bicyclic) bond motifs is 1. The number of hydrogen-bond acceptors (Lipinski definition) is 2. The maximum atomic E-state index is 13.8. The van der Waals surface area contributed by atoms with Gasteiger partial charge in [0.2, 0.25) is 0 Å². The van der Waals surface area contributed by atoms with Crippen LogP contribution in [0.4, 0.5) is 0 Å². The molecule has 2 heteroatoms. The van der Waals surface area contributed by atoms with Crippen LogP contribution in [0.5, 0.6) is 0 Å². The molecule has 1 saturated heterocycles. The summed E-state index contributed by atoms with van der Waals surface area (Å²) in [5, 5.41) is 0. The molecule has 2 nitrogen and oxygen atoms in total. The third-order valence-electron chi connectivity index (χ3n) is 6.96. The maximum Gasteiger partial charge on any atom is 0.174 e. The molecule has 0 radical (unpaired) electrons. The SMILES string of the molecule is O=C1c2ccccc2CC1(c1ccccc1)C1CCN(Cc2ccccc2)CC1. The Kier molecular flexibility index (Phi) is 4.81. The van der Waals surface area contributed by atoms with Gasteiger partial charge < -0.3 is 0 Å². The molecule has 3 aromatic rings. The van der Waals surface area contributed by atoms with Crippen LogP contribution in [0.25, 0.3) is 0 Å². The van der Waals surface area contributed by atoms with Crippen LogP contribution in [0.15, 0.2) is 84.9 Å². The number of ketones is 1. The van der Waals surface area contributed by atoms with Crippen molar-refractivity contribution in [1.82, 2.24) is 4.90 Å². The Bertz CT molecular complexity index is 989. The molecule has 1 heterocycles. The van der Waals surface area contributed by atoms with Crippen molar-refractivity contribution in [3.63, 3.8) is 0 Å². The Hall–Kier alpha value is -2.71. The minimum absolute atomic E-state index is 0.334. The molecule has 2 aliphatic rings.